The molecule has 0 aliphatic carbocycles. The molecule has 23 heavy (non-hydrogen) atoms. The molecule has 1 aromatic heterocycles. The van der Waals surface area contributed by atoms with Crippen LogP contribution in [0, 0.1) is 0 Å². The maximum atomic E-state index is 5.82. The van der Waals surface area contributed by atoms with Crippen LogP contribution in [0.2, 0.25) is 0 Å². The molecule has 1 unspecified atom stereocenters. The van der Waals surface area contributed by atoms with Crippen molar-refractivity contribution in [3.8, 4) is 0 Å². The van der Waals surface area contributed by atoms with E-state index in [1.165, 1.54) is 16.3 Å². The average Bonchev–Trinajstić information content (AvgIpc) is 3.22. The number of nitrogens with one attached hydrogen (secondary N) is 1. The third-order valence-electron chi connectivity index (χ3n) is 4.44. The summed E-state index contributed by atoms with van der Waals surface area (Å²) in [4.78, 5) is 4.66. The van der Waals surface area contributed by atoms with Gasteiger partial charge in [-0.05, 0) is 12.0 Å². The van der Waals surface area contributed by atoms with E-state index in [0.717, 1.165) is 37.5 Å². The zero-order valence-electron chi connectivity index (χ0n) is 13.0. The highest BCUT2D eigenvalue weighted by Crippen LogP contribution is 2.32. The van der Waals surface area contributed by atoms with Crippen molar-refractivity contribution >= 4 is 16.6 Å². The van der Waals surface area contributed by atoms with E-state index in [1.807, 2.05) is 12.3 Å². The number of hydrogen-bond acceptors (Lipinski definition) is 3. The first kappa shape index (κ1) is 14.1. The minimum Gasteiger partial charge on any atom is -0.468 e. The van der Waals surface area contributed by atoms with Crippen LogP contribution in [0.25, 0.3) is 10.8 Å². The summed E-state index contributed by atoms with van der Waals surface area (Å²) in [5, 5.41) is 5.87. The van der Waals surface area contributed by atoms with E-state index in [4.69, 9.17) is 4.42 Å². The normalized spacial score (nSPS) is 17.4. The van der Waals surface area contributed by atoms with Crippen LogP contribution >= 0.6 is 0 Å². The number of furan rings is 1. The number of aliphatic imine (C=N–C) groups is 1. The van der Waals surface area contributed by atoms with E-state index in [0.29, 0.717) is 5.92 Å². The van der Waals surface area contributed by atoms with Gasteiger partial charge in [0.05, 0.1) is 18.6 Å². The molecule has 1 atom stereocenters. The van der Waals surface area contributed by atoms with Gasteiger partial charge in [-0.3, -0.25) is 4.99 Å². The van der Waals surface area contributed by atoms with Gasteiger partial charge < -0.3 is 9.73 Å². The Kier molecular flexibility index (Phi) is 3.85. The van der Waals surface area contributed by atoms with E-state index in [9.17, 15) is 0 Å². The Balaban J connectivity index is 1.35. The lowest BCUT2D eigenvalue weighted by molar-refractivity contribution is 0.481. The summed E-state index contributed by atoms with van der Waals surface area (Å²) >= 11 is 0. The second kappa shape index (κ2) is 6.29. The Labute approximate surface area is 136 Å². The van der Waals surface area contributed by atoms with Gasteiger partial charge in [0.2, 0.25) is 0 Å². The molecule has 116 valence electrons. The summed E-state index contributed by atoms with van der Waals surface area (Å²) in [6, 6.07) is 18.9. The Morgan fingerprint density at radius 2 is 1.87 bits per heavy atom. The summed E-state index contributed by atoms with van der Waals surface area (Å²) < 4.78 is 5.82. The molecule has 1 aliphatic heterocycles. The molecular formula is C20H20N2O. The summed E-state index contributed by atoms with van der Waals surface area (Å²) in [5.41, 5.74) is 1.35. The molecule has 4 rings (SSSR count). The minimum atomic E-state index is 0.356. The quantitative estimate of drug-likeness (QED) is 0.786. The molecule has 3 heteroatoms. The van der Waals surface area contributed by atoms with Crippen molar-refractivity contribution in [1.82, 2.24) is 5.32 Å². The zero-order valence-corrected chi connectivity index (χ0v) is 13.0. The molecule has 0 fully saturated rings. The van der Waals surface area contributed by atoms with Crippen LogP contribution in [0.15, 0.2) is 70.3 Å². The predicted octanol–water partition coefficient (Wildman–Crippen LogP) is 4.15. The van der Waals surface area contributed by atoms with Crippen LogP contribution in [0.1, 0.15) is 23.7 Å². The zero-order chi connectivity index (χ0) is 15.5. The van der Waals surface area contributed by atoms with E-state index in [1.54, 1.807) is 0 Å². The van der Waals surface area contributed by atoms with Gasteiger partial charge in [0.1, 0.15) is 5.76 Å². The van der Waals surface area contributed by atoms with Gasteiger partial charge in [-0.2, -0.15) is 0 Å². The molecule has 0 saturated heterocycles. The Morgan fingerprint density at radius 3 is 2.78 bits per heavy atom. The standard InChI is InChI=1S/C20H20N2O/c1-2-6-15(7-3-1)10-11-21-19-12-17(13-22-19)20-18-9-5-4-8-16(18)14-23-20/h1-9,14,17H,10-13H2,(H,21,22). The molecule has 1 aliphatic rings. The molecule has 0 amide bonds. The van der Waals surface area contributed by atoms with Gasteiger partial charge in [0, 0.05) is 29.7 Å². The lowest BCUT2D eigenvalue weighted by Crippen LogP contribution is -2.24. The third kappa shape index (κ3) is 3.00. The predicted molar refractivity (Wildman–Crippen MR) is 94.0 cm³/mol. The first-order chi connectivity index (χ1) is 11.4. The first-order valence-electron chi connectivity index (χ1n) is 8.17. The SMILES string of the molecule is c1ccc(CCNC2=NCC(c3occ4ccccc34)C2)cc1. The fourth-order valence-corrected chi connectivity index (χ4v) is 3.21. The Bertz CT molecular complexity index is 820. The van der Waals surface area contributed by atoms with Crippen LogP contribution in [0.4, 0.5) is 0 Å². The van der Waals surface area contributed by atoms with Gasteiger partial charge in [-0.25, -0.2) is 0 Å². The van der Waals surface area contributed by atoms with Gasteiger partial charge >= 0.3 is 0 Å². The summed E-state index contributed by atoms with van der Waals surface area (Å²) in [6.07, 6.45) is 3.81. The fourth-order valence-electron chi connectivity index (χ4n) is 3.21. The molecule has 0 saturated carbocycles. The van der Waals surface area contributed by atoms with Crippen molar-refractivity contribution < 1.29 is 4.42 Å². The maximum absolute atomic E-state index is 5.82. The van der Waals surface area contributed by atoms with Crippen LogP contribution in [0.5, 0.6) is 0 Å². The van der Waals surface area contributed by atoms with E-state index < -0.39 is 0 Å². The number of nitrogens with zero attached hydrogens (tertiary/aromatic N) is 1. The molecule has 3 nitrogen and oxygen atoms in total. The van der Waals surface area contributed by atoms with Crippen LogP contribution in [0.3, 0.4) is 0 Å². The molecule has 0 radical (unpaired) electrons. The minimum absolute atomic E-state index is 0.356. The largest absolute Gasteiger partial charge is 0.468 e. The summed E-state index contributed by atoms with van der Waals surface area (Å²) in [7, 11) is 0. The van der Waals surface area contributed by atoms with Crippen molar-refractivity contribution in [1.29, 1.82) is 0 Å². The van der Waals surface area contributed by atoms with Crippen LogP contribution < -0.4 is 5.32 Å². The van der Waals surface area contributed by atoms with E-state index in [2.05, 4.69) is 58.8 Å². The number of benzene rings is 2. The maximum Gasteiger partial charge on any atom is 0.116 e. The molecule has 2 aromatic carbocycles. The molecule has 3 aromatic rings. The summed E-state index contributed by atoms with van der Waals surface area (Å²) in [6.45, 7) is 1.74. The van der Waals surface area contributed by atoms with Crippen LogP contribution in [-0.2, 0) is 6.42 Å². The molecule has 0 spiro atoms. The highest BCUT2D eigenvalue weighted by Gasteiger charge is 2.24. The second-order valence-corrected chi connectivity index (χ2v) is 6.04. The van der Waals surface area contributed by atoms with Gasteiger partial charge in [-0.15, -0.1) is 0 Å². The number of amidine groups is 1. The fraction of sp³-hybridized carbons (Fsp3) is 0.250. The topological polar surface area (TPSA) is 37.5 Å². The lowest BCUT2D eigenvalue weighted by Gasteiger charge is -2.08. The molecular weight excluding hydrogens is 284 g/mol. The average molecular weight is 304 g/mol. The second-order valence-electron chi connectivity index (χ2n) is 6.04. The first-order valence-corrected chi connectivity index (χ1v) is 8.17. The Morgan fingerprint density at radius 1 is 1.04 bits per heavy atom. The van der Waals surface area contributed by atoms with E-state index in [-0.39, 0.29) is 0 Å². The van der Waals surface area contributed by atoms with Crippen molar-refractivity contribution in [2.45, 2.75) is 18.8 Å². The molecule has 1 N–H and O–H groups in total. The van der Waals surface area contributed by atoms with Gasteiger partial charge in [0.25, 0.3) is 0 Å². The lowest BCUT2D eigenvalue weighted by atomic mass is 10.0. The van der Waals surface area contributed by atoms with E-state index >= 15 is 0 Å². The van der Waals surface area contributed by atoms with Gasteiger partial charge in [-0.1, -0.05) is 54.6 Å². The van der Waals surface area contributed by atoms with Crippen molar-refractivity contribution in [3.05, 3.63) is 72.2 Å². The van der Waals surface area contributed by atoms with Gasteiger partial charge in [0.15, 0.2) is 0 Å². The highest BCUT2D eigenvalue weighted by atomic mass is 16.3. The van der Waals surface area contributed by atoms with Crippen molar-refractivity contribution in [3.63, 3.8) is 0 Å². The summed E-state index contributed by atoms with van der Waals surface area (Å²) in [5.74, 6) is 2.53. The number of rotatable bonds is 4. The Hall–Kier alpha value is -2.55. The number of fused-ring (bicyclic) bond motifs is 1. The van der Waals surface area contributed by atoms with Crippen LogP contribution in [-0.4, -0.2) is 18.9 Å². The highest BCUT2D eigenvalue weighted by molar-refractivity contribution is 5.88. The smallest absolute Gasteiger partial charge is 0.116 e. The molecule has 2 heterocycles. The van der Waals surface area contributed by atoms with Crippen molar-refractivity contribution in [2.75, 3.05) is 13.1 Å². The number of hydrogen-bond donors (Lipinski definition) is 1. The third-order valence-corrected chi connectivity index (χ3v) is 4.44. The van der Waals surface area contributed by atoms with Crippen molar-refractivity contribution in [2.24, 2.45) is 4.99 Å². The monoisotopic (exact) mass is 304 g/mol. The molecule has 0 bridgehead atoms.